The number of alkyl halides is 2. The minimum absolute atomic E-state index is 0.119. The fourth-order valence-electron chi connectivity index (χ4n) is 1.58. The molecule has 1 aliphatic rings. The first-order valence-corrected chi connectivity index (χ1v) is 5.09. The highest BCUT2D eigenvalue weighted by atomic mass is 19.3. The van der Waals surface area contributed by atoms with Gasteiger partial charge in [0.25, 0.3) is 5.92 Å². The summed E-state index contributed by atoms with van der Waals surface area (Å²) in [7, 11) is 0. The van der Waals surface area contributed by atoms with Crippen molar-refractivity contribution in [3.63, 3.8) is 0 Å². The minimum atomic E-state index is -3.09. The zero-order valence-corrected chi connectivity index (χ0v) is 8.92. The van der Waals surface area contributed by atoms with E-state index in [4.69, 9.17) is 16.0 Å². The van der Waals surface area contributed by atoms with E-state index < -0.39 is 19.1 Å². The molecule has 0 unspecified atom stereocenters. The van der Waals surface area contributed by atoms with Crippen molar-refractivity contribution >= 4 is 5.84 Å². The molecule has 1 fully saturated rings. The smallest absolute Gasteiger partial charge is 0.282 e. The first-order chi connectivity index (χ1) is 7.43. The number of aliphatic hydroxyl groups excluding tert-OH is 1. The maximum atomic E-state index is 12.7. The van der Waals surface area contributed by atoms with E-state index in [0.717, 1.165) is 12.8 Å². The number of hydrogen-bond acceptors (Lipinski definition) is 4. The van der Waals surface area contributed by atoms with Crippen molar-refractivity contribution in [3.05, 3.63) is 0 Å². The normalized spacial score (nSPS) is 19.8. The Kier molecular flexibility index (Phi) is 4.03. The molecule has 0 aromatic carbocycles. The Morgan fingerprint density at radius 2 is 2.12 bits per heavy atom. The molecule has 0 aliphatic heterocycles. The third-order valence-electron chi connectivity index (χ3n) is 2.76. The molecule has 7 heteroatoms. The zero-order chi connectivity index (χ0) is 12.2. The molecule has 0 radical (unpaired) electrons. The molecule has 1 saturated carbocycles. The second kappa shape index (κ2) is 4.92. The molecule has 0 amide bonds. The predicted molar refractivity (Wildman–Crippen MR) is 54.6 cm³/mol. The van der Waals surface area contributed by atoms with Crippen molar-refractivity contribution in [1.82, 2.24) is 5.32 Å². The third kappa shape index (κ3) is 3.90. The van der Waals surface area contributed by atoms with Crippen molar-refractivity contribution in [3.8, 4) is 0 Å². The summed E-state index contributed by atoms with van der Waals surface area (Å²) >= 11 is 0. The number of nitrogens with one attached hydrogen (secondary N) is 1. The number of hydrogen-bond donors (Lipinski definition) is 4. The SMILES string of the molecule is NC(CC1(CNCC(F)(F)CO)CC1)=NO. The van der Waals surface area contributed by atoms with Gasteiger partial charge in [0, 0.05) is 13.0 Å². The maximum absolute atomic E-state index is 12.7. The fraction of sp³-hybridized carbons (Fsp3) is 0.889. The number of amidine groups is 1. The maximum Gasteiger partial charge on any atom is 0.282 e. The van der Waals surface area contributed by atoms with Crippen LogP contribution in [0.5, 0.6) is 0 Å². The summed E-state index contributed by atoms with van der Waals surface area (Å²) < 4.78 is 25.4. The Bertz CT molecular complexity index is 267. The van der Waals surface area contributed by atoms with Gasteiger partial charge in [-0.25, -0.2) is 8.78 Å². The molecule has 1 rings (SSSR count). The number of halogens is 2. The molecule has 1 aliphatic carbocycles. The summed E-state index contributed by atoms with van der Waals surface area (Å²) in [5.41, 5.74) is 5.22. The quantitative estimate of drug-likeness (QED) is 0.219. The Morgan fingerprint density at radius 3 is 2.56 bits per heavy atom. The van der Waals surface area contributed by atoms with Crippen molar-refractivity contribution in [2.75, 3.05) is 19.7 Å². The molecular formula is C9H17F2N3O2. The molecule has 0 saturated heterocycles. The van der Waals surface area contributed by atoms with E-state index in [9.17, 15) is 8.78 Å². The average Bonchev–Trinajstić information content (AvgIpc) is 2.98. The molecular weight excluding hydrogens is 220 g/mol. The highest BCUT2D eigenvalue weighted by Crippen LogP contribution is 2.48. The van der Waals surface area contributed by atoms with Crippen LogP contribution in [0.1, 0.15) is 19.3 Å². The third-order valence-corrected chi connectivity index (χ3v) is 2.76. The molecule has 0 atom stereocenters. The van der Waals surface area contributed by atoms with Crippen LogP contribution in [0.2, 0.25) is 0 Å². The number of nitrogens with two attached hydrogens (primary N) is 1. The van der Waals surface area contributed by atoms with E-state index in [0.29, 0.717) is 13.0 Å². The van der Waals surface area contributed by atoms with Crippen LogP contribution >= 0.6 is 0 Å². The highest BCUT2D eigenvalue weighted by molar-refractivity contribution is 5.80. The van der Waals surface area contributed by atoms with Gasteiger partial charge in [-0.1, -0.05) is 5.16 Å². The first kappa shape index (κ1) is 13.1. The van der Waals surface area contributed by atoms with Gasteiger partial charge in [0.1, 0.15) is 12.4 Å². The summed E-state index contributed by atoms with van der Waals surface area (Å²) in [4.78, 5) is 0. The van der Waals surface area contributed by atoms with E-state index in [2.05, 4.69) is 10.5 Å². The Morgan fingerprint density at radius 1 is 1.50 bits per heavy atom. The standard InChI is InChI=1S/C9H17F2N3O2/c10-9(11,6-15)5-13-4-8(1-2-8)3-7(12)14-16/h13,15-16H,1-6H2,(H2,12,14). The number of nitrogens with zero attached hydrogens (tertiary/aromatic N) is 1. The highest BCUT2D eigenvalue weighted by Gasteiger charge is 2.43. The van der Waals surface area contributed by atoms with Gasteiger partial charge < -0.3 is 21.4 Å². The number of oxime groups is 1. The van der Waals surface area contributed by atoms with E-state index in [1.54, 1.807) is 0 Å². The molecule has 0 bridgehead atoms. The van der Waals surface area contributed by atoms with E-state index in [1.807, 2.05) is 0 Å². The van der Waals surface area contributed by atoms with Crippen LogP contribution in [-0.2, 0) is 0 Å². The number of rotatable bonds is 7. The van der Waals surface area contributed by atoms with E-state index in [1.165, 1.54) is 0 Å². The fourth-order valence-corrected chi connectivity index (χ4v) is 1.58. The van der Waals surface area contributed by atoms with Crippen LogP contribution in [-0.4, -0.2) is 41.8 Å². The van der Waals surface area contributed by atoms with Gasteiger partial charge in [0.05, 0.1) is 6.54 Å². The van der Waals surface area contributed by atoms with Crippen LogP contribution < -0.4 is 11.1 Å². The summed E-state index contributed by atoms with van der Waals surface area (Å²) in [6.45, 7) is -1.33. The molecule has 5 nitrogen and oxygen atoms in total. The van der Waals surface area contributed by atoms with Crippen LogP contribution in [0, 0.1) is 5.41 Å². The lowest BCUT2D eigenvalue weighted by molar-refractivity contribution is -0.0480. The second-order valence-corrected chi connectivity index (χ2v) is 4.39. The minimum Gasteiger partial charge on any atom is -0.409 e. The molecule has 5 N–H and O–H groups in total. The van der Waals surface area contributed by atoms with Crippen molar-refractivity contribution < 1.29 is 19.1 Å². The van der Waals surface area contributed by atoms with E-state index >= 15 is 0 Å². The van der Waals surface area contributed by atoms with Gasteiger partial charge in [0.2, 0.25) is 0 Å². The van der Waals surface area contributed by atoms with Crippen LogP contribution in [0.25, 0.3) is 0 Å². The van der Waals surface area contributed by atoms with Gasteiger partial charge in [-0.15, -0.1) is 0 Å². The largest absolute Gasteiger partial charge is 0.409 e. The lowest BCUT2D eigenvalue weighted by Gasteiger charge is -2.18. The lowest BCUT2D eigenvalue weighted by Crippen LogP contribution is -2.39. The molecule has 0 aromatic heterocycles. The van der Waals surface area contributed by atoms with E-state index in [-0.39, 0.29) is 11.3 Å². The van der Waals surface area contributed by atoms with Crippen molar-refractivity contribution in [2.45, 2.75) is 25.2 Å². The topological polar surface area (TPSA) is 90.9 Å². The molecule has 0 aromatic rings. The van der Waals surface area contributed by atoms with Gasteiger partial charge in [0.15, 0.2) is 0 Å². The summed E-state index contributed by atoms with van der Waals surface area (Å²) in [5, 5.41) is 22.2. The van der Waals surface area contributed by atoms with Gasteiger partial charge in [-0.05, 0) is 18.3 Å². The molecule has 0 spiro atoms. The molecule has 0 heterocycles. The summed E-state index contributed by atoms with van der Waals surface area (Å²) in [5.74, 6) is -2.97. The van der Waals surface area contributed by atoms with Crippen LogP contribution in [0.4, 0.5) is 8.78 Å². The van der Waals surface area contributed by atoms with Crippen LogP contribution in [0.3, 0.4) is 0 Å². The van der Waals surface area contributed by atoms with Crippen molar-refractivity contribution in [1.29, 1.82) is 0 Å². The van der Waals surface area contributed by atoms with Gasteiger partial charge in [-0.2, -0.15) is 0 Å². The summed E-state index contributed by atoms with van der Waals surface area (Å²) in [6.07, 6.45) is 2.16. The Balaban J connectivity index is 2.27. The van der Waals surface area contributed by atoms with Crippen molar-refractivity contribution in [2.24, 2.45) is 16.3 Å². The van der Waals surface area contributed by atoms with Gasteiger partial charge >= 0.3 is 0 Å². The van der Waals surface area contributed by atoms with Gasteiger partial charge in [-0.3, -0.25) is 0 Å². The van der Waals surface area contributed by atoms with Crippen LogP contribution in [0.15, 0.2) is 5.16 Å². The summed E-state index contributed by atoms with van der Waals surface area (Å²) in [6, 6.07) is 0. The zero-order valence-electron chi connectivity index (χ0n) is 8.92. The molecule has 94 valence electrons. The first-order valence-electron chi connectivity index (χ1n) is 5.09. The lowest BCUT2D eigenvalue weighted by atomic mass is 10.0. The monoisotopic (exact) mass is 237 g/mol. The Labute approximate surface area is 92.3 Å². The average molecular weight is 237 g/mol. The molecule has 16 heavy (non-hydrogen) atoms. The Hall–Kier alpha value is -0.950. The number of aliphatic hydroxyl groups is 1. The second-order valence-electron chi connectivity index (χ2n) is 4.39. The predicted octanol–water partition coefficient (Wildman–Crippen LogP) is 0.120.